The predicted molar refractivity (Wildman–Crippen MR) is 80.4 cm³/mol. The second-order valence-electron chi connectivity index (χ2n) is 6.18. The van der Waals surface area contributed by atoms with E-state index in [2.05, 4.69) is 9.82 Å². The van der Waals surface area contributed by atoms with Gasteiger partial charge >= 0.3 is 5.97 Å². The first kappa shape index (κ1) is 16.4. The summed E-state index contributed by atoms with van der Waals surface area (Å²) in [4.78, 5) is 11.1. The molecule has 1 aliphatic heterocycles. The Morgan fingerprint density at radius 1 is 1.30 bits per heavy atom. The summed E-state index contributed by atoms with van der Waals surface area (Å²) in [6, 6.07) is -0.126. The van der Waals surface area contributed by atoms with E-state index in [4.69, 9.17) is 9.84 Å². The normalized spacial score (nSPS) is 28.8. The molecule has 128 valence electrons. The average molecular weight is 343 g/mol. The lowest BCUT2D eigenvalue weighted by Gasteiger charge is -2.26. The second kappa shape index (κ2) is 6.58. The summed E-state index contributed by atoms with van der Waals surface area (Å²) in [5.41, 5.74) is 0. The number of hydrogen-bond donors (Lipinski definition) is 2. The van der Waals surface area contributed by atoms with Gasteiger partial charge in [-0.15, -0.1) is 0 Å². The third-order valence-corrected chi connectivity index (χ3v) is 6.04. The van der Waals surface area contributed by atoms with Crippen molar-refractivity contribution in [1.82, 2.24) is 14.5 Å². The SMILES string of the molecule is O=C(O)C1CCC(NS(=O)(=O)c2cnn(C3CCOC3)c2)CC1. The van der Waals surface area contributed by atoms with E-state index >= 15 is 0 Å². The van der Waals surface area contributed by atoms with Crippen molar-refractivity contribution in [2.45, 2.75) is 49.1 Å². The van der Waals surface area contributed by atoms with Crippen LogP contribution in [-0.2, 0) is 19.6 Å². The van der Waals surface area contributed by atoms with Crippen LogP contribution in [0.1, 0.15) is 38.1 Å². The number of aromatic nitrogens is 2. The van der Waals surface area contributed by atoms with Gasteiger partial charge in [0.25, 0.3) is 0 Å². The van der Waals surface area contributed by atoms with E-state index in [9.17, 15) is 13.2 Å². The second-order valence-corrected chi connectivity index (χ2v) is 7.90. The van der Waals surface area contributed by atoms with Gasteiger partial charge in [0.2, 0.25) is 10.0 Å². The van der Waals surface area contributed by atoms with Gasteiger partial charge in [-0.1, -0.05) is 0 Å². The van der Waals surface area contributed by atoms with Gasteiger partial charge in [0.05, 0.1) is 24.8 Å². The van der Waals surface area contributed by atoms with E-state index in [-0.39, 0.29) is 22.9 Å². The Morgan fingerprint density at radius 3 is 2.65 bits per heavy atom. The highest BCUT2D eigenvalue weighted by Gasteiger charge is 2.30. The highest BCUT2D eigenvalue weighted by molar-refractivity contribution is 7.89. The van der Waals surface area contributed by atoms with Gasteiger partial charge in [-0.3, -0.25) is 9.48 Å². The first-order chi connectivity index (χ1) is 11.0. The molecule has 2 fully saturated rings. The number of aliphatic carboxylic acids is 1. The molecule has 1 saturated carbocycles. The molecule has 0 spiro atoms. The zero-order valence-corrected chi connectivity index (χ0v) is 13.5. The van der Waals surface area contributed by atoms with Crippen molar-refractivity contribution in [1.29, 1.82) is 0 Å². The fourth-order valence-corrected chi connectivity index (χ4v) is 4.38. The number of rotatable bonds is 5. The van der Waals surface area contributed by atoms with Crippen LogP contribution < -0.4 is 4.72 Å². The molecule has 1 atom stereocenters. The number of carboxylic acids is 1. The fraction of sp³-hybridized carbons (Fsp3) is 0.714. The minimum Gasteiger partial charge on any atom is -0.481 e. The molecule has 1 unspecified atom stereocenters. The van der Waals surface area contributed by atoms with E-state index in [1.165, 1.54) is 12.4 Å². The maximum Gasteiger partial charge on any atom is 0.306 e. The molecule has 9 heteroatoms. The Labute approximate surface area is 134 Å². The molecule has 2 N–H and O–H groups in total. The van der Waals surface area contributed by atoms with E-state index in [1.54, 1.807) is 4.68 Å². The van der Waals surface area contributed by atoms with E-state index in [1.807, 2.05) is 0 Å². The van der Waals surface area contributed by atoms with Gasteiger partial charge in [0.1, 0.15) is 4.90 Å². The molecule has 3 rings (SSSR count). The molecule has 1 aromatic rings. The highest BCUT2D eigenvalue weighted by atomic mass is 32.2. The molecule has 0 bridgehead atoms. The average Bonchev–Trinajstić information content (AvgIpc) is 3.19. The van der Waals surface area contributed by atoms with Crippen LogP contribution in [0.2, 0.25) is 0 Å². The topological polar surface area (TPSA) is 111 Å². The number of sulfonamides is 1. The summed E-state index contributed by atoms with van der Waals surface area (Å²) < 4.78 is 34.5. The summed E-state index contributed by atoms with van der Waals surface area (Å²) in [6.07, 6.45) is 5.80. The summed E-state index contributed by atoms with van der Waals surface area (Å²) in [7, 11) is -3.63. The third-order valence-electron chi connectivity index (χ3n) is 4.57. The molecule has 23 heavy (non-hydrogen) atoms. The van der Waals surface area contributed by atoms with Gasteiger partial charge in [-0.2, -0.15) is 5.10 Å². The quantitative estimate of drug-likeness (QED) is 0.817. The molecule has 0 amide bonds. The number of carboxylic acid groups (broad SMARTS) is 1. The highest BCUT2D eigenvalue weighted by Crippen LogP contribution is 2.26. The Morgan fingerprint density at radius 2 is 2.04 bits per heavy atom. The van der Waals surface area contributed by atoms with Crippen molar-refractivity contribution >= 4 is 16.0 Å². The number of ether oxygens (including phenoxy) is 1. The van der Waals surface area contributed by atoms with Crippen LogP contribution in [-0.4, -0.2) is 48.5 Å². The van der Waals surface area contributed by atoms with Crippen LogP contribution >= 0.6 is 0 Å². The van der Waals surface area contributed by atoms with Gasteiger partial charge in [0, 0.05) is 18.8 Å². The van der Waals surface area contributed by atoms with Gasteiger partial charge < -0.3 is 9.84 Å². The minimum absolute atomic E-state index is 0.0879. The molecule has 0 radical (unpaired) electrons. The monoisotopic (exact) mass is 343 g/mol. The van der Waals surface area contributed by atoms with Gasteiger partial charge in [-0.05, 0) is 32.1 Å². The molecule has 1 aromatic heterocycles. The Kier molecular flexibility index (Phi) is 4.69. The molecular weight excluding hydrogens is 322 g/mol. The number of hydrogen-bond acceptors (Lipinski definition) is 5. The standard InChI is InChI=1S/C14H21N3O5S/c18-14(19)10-1-3-11(4-2-10)16-23(20,21)13-7-15-17(8-13)12-5-6-22-9-12/h7-8,10-12,16H,1-6,9H2,(H,18,19). The Hall–Kier alpha value is -1.45. The zero-order chi connectivity index (χ0) is 16.4. The zero-order valence-electron chi connectivity index (χ0n) is 12.7. The lowest BCUT2D eigenvalue weighted by Crippen LogP contribution is -2.38. The van der Waals surface area contributed by atoms with Crippen LogP contribution in [0, 0.1) is 5.92 Å². The first-order valence-electron chi connectivity index (χ1n) is 7.83. The number of carbonyl (C=O) groups is 1. The minimum atomic E-state index is -3.63. The van der Waals surface area contributed by atoms with Gasteiger partial charge in [-0.25, -0.2) is 13.1 Å². The van der Waals surface area contributed by atoms with Crippen molar-refractivity contribution < 1.29 is 23.1 Å². The van der Waals surface area contributed by atoms with E-state index in [0.717, 1.165) is 6.42 Å². The summed E-state index contributed by atoms with van der Waals surface area (Å²) in [6.45, 7) is 1.21. The summed E-state index contributed by atoms with van der Waals surface area (Å²) in [5.74, 6) is -1.16. The largest absolute Gasteiger partial charge is 0.481 e. The van der Waals surface area contributed by atoms with Crippen molar-refractivity contribution in [2.24, 2.45) is 5.92 Å². The van der Waals surface area contributed by atoms with Crippen molar-refractivity contribution in [3.63, 3.8) is 0 Å². The van der Waals surface area contributed by atoms with Crippen LogP contribution in [0.3, 0.4) is 0 Å². The smallest absolute Gasteiger partial charge is 0.306 e. The molecule has 8 nitrogen and oxygen atoms in total. The van der Waals surface area contributed by atoms with Crippen LogP contribution in [0.4, 0.5) is 0 Å². The maximum atomic E-state index is 12.4. The lowest BCUT2D eigenvalue weighted by molar-refractivity contribution is -0.142. The Balaban J connectivity index is 1.62. The molecule has 1 aliphatic carbocycles. The van der Waals surface area contributed by atoms with Crippen molar-refractivity contribution in [2.75, 3.05) is 13.2 Å². The molecular formula is C14H21N3O5S. The predicted octanol–water partition coefficient (Wildman–Crippen LogP) is 0.766. The maximum absolute atomic E-state index is 12.4. The summed E-state index contributed by atoms with van der Waals surface area (Å²) in [5, 5.41) is 13.1. The van der Waals surface area contributed by atoms with Gasteiger partial charge in [0.15, 0.2) is 0 Å². The van der Waals surface area contributed by atoms with E-state index in [0.29, 0.717) is 38.9 Å². The van der Waals surface area contributed by atoms with Crippen molar-refractivity contribution in [3.05, 3.63) is 12.4 Å². The Bertz CT molecular complexity index is 658. The number of nitrogens with one attached hydrogen (secondary N) is 1. The van der Waals surface area contributed by atoms with Crippen LogP contribution in [0.5, 0.6) is 0 Å². The number of nitrogens with zero attached hydrogens (tertiary/aromatic N) is 2. The molecule has 0 aromatic carbocycles. The fourth-order valence-electron chi connectivity index (χ4n) is 3.14. The van der Waals surface area contributed by atoms with Crippen LogP contribution in [0.15, 0.2) is 17.3 Å². The molecule has 1 saturated heterocycles. The molecule has 2 aliphatic rings. The summed E-state index contributed by atoms with van der Waals surface area (Å²) >= 11 is 0. The van der Waals surface area contributed by atoms with Crippen LogP contribution in [0.25, 0.3) is 0 Å². The first-order valence-corrected chi connectivity index (χ1v) is 9.31. The third kappa shape index (κ3) is 3.73. The molecule has 2 heterocycles. The van der Waals surface area contributed by atoms with E-state index < -0.39 is 16.0 Å². The lowest BCUT2D eigenvalue weighted by atomic mass is 9.87. The van der Waals surface area contributed by atoms with Crippen molar-refractivity contribution in [3.8, 4) is 0 Å².